The summed E-state index contributed by atoms with van der Waals surface area (Å²) in [7, 11) is 0. The van der Waals surface area contributed by atoms with Crippen molar-refractivity contribution in [2.45, 2.75) is 31.5 Å². The van der Waals surface area contributed by atoms with Crippen molar-refractivity contribution in [1.29, 1.82) is 0 Å². The Morgan fingerprint density at radius 2 is 2.09 bits per heavy atom. The fraction of sp³-hybridized carbons (Fsp3) is 0.533. The predicted octanol–water partition coefficient (Wildman–Crippen LogP) is 2.80. The molecule has 0 aromatic heterocycles. The third-order valence-electron chi connectivity index (χ3n) is 3.45. The molecule has 1 amide bonds. The minimum Gasteiger partial charge on any atom is -0.384 e. The first-order valence-electron chi connectivity index (χ1n) is 7.25. The first-order valence-corrected chi connectivity index (χ1v) is 7.25. The zero-order valence-electron chi connectivity index (χ0n) is 12.1. The van der Waals surface area contributed by atoms with E-state index in [0.29, 0.717) is 6.54 Å². The molecule has 1 saturated heterocycles. The van der Waals surface area contributed by atoms with Crippen LogP contribution in [0.5, 0.6) is 0 Å². The van der Waals surface area contributed by atoms with Gasteiger partial charge in [-0.2, -0.15) is 13.2 Å². The lowest BCUT2D eigenvalue weighted by Gasteiger charge is -2.14. The average molecular weight is 316 g/mol. The van der Waals surface area contributed by atoms with Crippen LogP contribution in [0, 0.1) is 0 Å². The second-order valence-corrected chi connectivity index (χ2v) is 5.16. The molecule has 4 nitrogen and oxygen atoms in total. The molecule has 1 aliphatic heterocycles. The number of carbonyl (C=O) groups is 1. The first-order chi connectivity index (χ1) is 10.5. The van der Waals surface area contributed by atoms with Crippen molar-refractivity contribution in [1.82, 2.24) is 5.32 Å². The molecular formula is C15H19F3N2O2. The number of hydrogen-bond acceptors (Lipinski definition) is 3. The van der Waals surface area contributed by atoms with Crippen LogP contribution >= 0.6 is 0 Å². The number of hydrogen-bond donors (Lipinski definition) is 2. The molecule has 1 unspecified atom stereocenters. The van der Waals surface area contributed by atoms with E-state index >= 15 is 0 Å². The summed E-state index contributed by atoms with van der Waals surface area (Å²) in [5, 5.41) is 5.40. The number of ether oxygens (including phenoxy) is 1. The summed E-state index contributed by atoms with van der Waals surface area (Å²) >= 11 is 0. The van der Waals surface area contributed by atoms with Gasteiger partial charge in [0.2, 0.25) is 5.91 Å². The number of benzene rings is 1. The van der Waals surface area contributed by atoms with E-state index in [2.05, 4.69) is 10.6 Å². The third kappa shape index (κ3) is 4.91. The van der Waals surface area contributed by atoms with Crippen LogP contribution in [-0.2, 0) is 15.7 Å². The molecule has 2 N–H and O–H groups in total. The first kappa shape index (κ1) is 16.6. The van der Waals surface area contributed by atoms with Gasteiger partial charge in [-0.15, -0.1) is 0 Å². The maximum Gasteiger partial charge on any atom is 0.418 e. The lowest BCUT2D eigenvalue weighted by Crippen LogP contribution is -2.32. The maximum absolute atomic E-state index is 12.8. The molecule has 1 aromatic carbocycles. The van der Waals surface area contributed by atoms with Gasteiger partial charge >= 0.3 is 6.18 Å². The Labute approximate surface area is 127 Å². The molecule has 0 spiro atoms. The fourth-order valence-electron chi connectivity index (χ4n) is 2.32. The largest absolute Gasteiger partial charge is 0.418 e. The van der Waals surface area contributed by atoms with E-state index in [1.165, 1.54) is 18.2 Å². The predicted molar refractivity (Wildman–Crippen MR) is 76.5 cm³/mol. The van der Waals surface area contributed by atoms with Crippen molar-refractivity contribution in [2.75, 3.05) is 25.0 Å². The second kappa shape index (κ2) is 7.49. The maximum atomic E-state index is 12.8. The van der Waals surface area contributed by atoms with Gasteiger partial charge in [-0.25, -0.2) is 0 Å². The van der Waals surface area contributed by atoms with Crippen molar-refractivity contribution >= 4 is 11.6 Å². The number of carbonyl (C=O) groups excluding carboxylic acids is 1. The summed E-state index contributed by atoms with van der Waals surface area (Å²) in [6.07, 6.45) is -2.32. The van der Waals surface area contributed by atoms with Gasteiger partial charge in [0.05, 0.1) is 11.7 Å². The van der Waals surface area contributed by atoms with Crippen LogP contribution in [0.4, 0.5) is 18.9 Å². The number of anilines is 1. The molecule has 1 atom stereocenters. The highest BCUT2D eigenvalue weighted by Gasteiger charge is 2.33. The zero-order valence-corrected chi connectivity index (χ0v) is 12.1. The van der Waals surface area contributed by atoms with E-state index in [-0.39, 0.29) is 30.7 Å². The van der Waals surface area contributed by atoms with Crippen molar-refractivity contribution in [3.05, 3.63) is 29.8 Å². The van der Waals surface area contributed by atoms with Crippen LogP contribution in [0.1, 0.15) is 24.8 Å². The summed E-state index contributed by atoms with van der Waals surface area (Å²) in [6.45, 7) is 1.32. The van der Waals surface area contributed by atoms with Crippen LogP contribution < -0.4 is 10.6 Å². The van der Waals surface area contributed by atoms with Gasteiger partial charge in [0.25, 0.3) is 0 Å². The fourth-order valence-corrected chi connectivity index (χ4v) is 2.32. The molecule has 0 radical (unpaired) electrons. The van der Waals surface area contributed by atoms with Crippen molar-refractivity contribution < 1.29 is 22.7 Å². The Balaban J connectivity index is 1.75. The number of halogens is 3. The van der Waals surface area contributed by atoms with Gasteiger partial charge in [-0.05, 0) is 25.0 Å². The third-order valence-corrected chi connectivity index (χ3v) is 3.45. The minimum absolute atomic E-state index is 0.0121. The lowest BCUT2D eigenvalue weighted by molar-refractivity contribution is -0.137. The van der Waals surface area contributed by atoms with E-state index in [9.17, 15) is 18.0 Å². The van der Waals surface area contributed by atoms with Crippen LogP contribution in [-0.4, -0.2) is 31.7 Å². The number of amides is 1. The molecule has 0 aliphatic carbocycles. The molecule has 1 fully saturated rings. The molecule has 122 valence electrons. The minimum atomic E-state index is -4.41. The summed E-state index contributed by atoms with van der Waals surface area (Å²) in [4.78, 5) is 11.6. The zero-order chi connectivity index (χ0) is 16.0. The molecule has 1 aliphatic rings. The SMILES string of the molecule is O=C(CCNc1ccccc1C(F)(F)F)NCC1CCCO1. The van der Waals surface area contributed by atoms with Gasteiger partial charge in [0, 0.05) is 31.8 Å². The highest BCUT2D eigenvalue weighted by molar-refractivity contribution is 5.76. The smallest absolute Gasteiger partial charge is 0.384 e. The van der Waals surface area contributed by atoms with E-state index < -0.39 is 11.7 Å². The molecule has 7 heteroatoms. The van der Waals surface area contributed by atoms with E-state index in [4.69, 9.17) is 4.74 Å². The van der Waals surface area contributed by atoms with Gasteiger partial charge in [0.1, 0.15) is 0 Å². The van der Waals surface area contributed by atoms with Gasteiger partial charge < -0.3 is 15.4 Å². The Hall–Kier alpha value is -1.76. The van der Waals surface area contributed by atoms with Crippen LogP contribution in [0.2, 0.25) is 0 Å². The summed E-state index contributed by atoms with van der Waals surface area (Å²) in [5.74, 6) is -0.201. The highest BCUT2D eigenvalue weighted by Crippen LogP contribution is 2.34. The van der Waals surface area contributed by atoms with E-state index in [1.54, 1.807) is 0 Å². The molecule has 22 heavy (non-hydrogen) atoms. The monoisotopic (exact) mass is 316 g/mol. The highest BCUT2D eigenvalue weighted by atomic mass is 19.4. The molecule has 1 aromatic rings. The summed E-state index contributed by atoms with van der Waals surface area (Å²) in [6, 6.07) is 5.23. The topological polar surface area (TPSA) is 50.4 Å². The van der Waals surface area contributed by atoms with Crippen molar-refractivity contribution in [3.8, 4) is 0 Å². The quantitative estimate of drug-likeness (QED) is 0.848. The van der Waals surface area contributed by atoms with Crippen LogP contribution in [0.3, 0.4) is 0 Å². The number of nitrogens with one attached hydrogen (secondary N) is 2. The van der Waals surface area contributed by atoms with Gasteiger partial charge in [-0.1, -0.05) is 12.1 Å². The standard InChI is InChI=1S/C15H19F3N2O2/c16-15(17,18)12-5-1-2-6-13(12)19-8-7-14(21)20-10-11-4-3-9-22-11/h1-2,5-6,11,19H,3-4,7-10H2,(H,20,21). The molecule has 0 saturated carbocycles. The van der Waals surface area contributed by atoms with Crippen molar-refractivity contribution in [3.63, 3.8) is 0 Å². The van der Waals surface area contributed by atoms with Gasteiger partial charge in [-0.3, -0.25) is 4.79 Å². The Morgan fingerprint density at radius 3 is 2.77 bits per heavy atom. The Kier molecular flexibility index (Phi) is 5.65. The number of para-hydroxylation sites is 1. The number of alkyl halides is 3. The second-order valence-electron chi connectivity index (χ2n) is 5.16. The lowest BCUT2D eigenvalue weighted by atomic mass is 10.1. The normalized spacial score (nSPS) is 18.2. The van der Waals surface area contributed by atoms with Crippen LogP contribution in [0.25, 0.3) is 0 Å². The number of rotatable bonds is 6. The van der Waals surface area contributed by atoms with E-state index in [1.807, 2.05) is 0 Å². The summed E-state index contributed by atoms with van der Waals surface area (Å²) < 4.78 is 43.8. The molecule has 2 rings (SSSR count). The molecule has 0 bridgehead atoms. The van der Waals surface area contributed by atoms with E-state index in [0.717, 1.165) is 25.5 Å². The molecular weight excluding hydrogens is 297 g/mol. The molecule has 1 heterocycles. The van der Waals surface area contributed by atoms with Gasteiger partial charge in [0.15, 0.2) is 0 Å². The van der Waals surface area contributed by atoms with Crippen LogP contribution in [0.15, 0.2) is 24.3 Å². The van der Waals surface area contributed by atoms with Crippen molar-refractivity contribution in [2.24, 2.45) is 0 Å². The summed E-state index contributed by atoms with van der Waals surface area (Å²) in [5.41, 5.74) is -0.739. The Bertz CT molecular complexity index is 500. The Morgan fingerprint density at radius 1 is 1.32 bits per heavy atom. The average Bonchev–Trinajstić information content (AvgIpc) is 2.98.